The summed E-state index contributed by atoms with van der Waals surface area (Å²) in [6, 6.07) is 19.8. The zero-order chi connectivity index (χ0) is 14.3. The molecule has 3 heteroatoms. The molecule has 1 saturated heterocycles. The van der Waals surface area contributed by atoms with Crippen LogP contribution in [-0.4, -0.2) is 37.6 Å². The van der Waals surface area contributed by atoms with Gasteiger partial charge in [0.2, 0.25) is 0 Å². The summed E-state index contributed by atoms with van der Waals surface area (Å²) in [4.78, 5) is 2.53. The number of nitrogens with one attached hydrogen (secondary N) is 2. The molecule has 3 nitrogen and oxygen atoms in total. The zero-order valence-electron chi connectivity index (χ0n) is 12.3. The van der Waals surface area contributed by atoms with E-state index in [4.69, 9.17) is 0 Å². The number of benzene rings is 2. The lowest BCUT2D eigenvalue weighted by Crippen LogP contribution is -2.44. The van der Waals surface area contributed by atoms with Gasteiger partial charge < -0.3 is 15.5 Å². The third-order valence-corrected chi connectivity index (χ3v) is 3.87. The Labute approximate surface area is 127 Å². The first kappa shape index (κ1) is 14.1. The van der Waals surface area contributed by atoms with Crippen molar-refractivity contribution in [1.82, 2.24) is 10.2 Å². The normalized spacial score (nSPS) is 15.8. The molecule has 1 fully saturated rings. The van der Waals surface area contributed by atoms with E-state index < -0.39 is 0 Å². The van der Waals surface area contributed by atoms with Crippen LogP contribution in [0, 0.1) is 6.07 Å². The molecule has 109 valence electrons. The number of piperazine rings is 1. The second-order valence-corrected chi connectivity index (χ2v) is 5.44. The van der Waals surface area contributed by atoms with E-state index in [1.807, 2.05) is 24.3 Å². The first-order valence-electron chi connectivity index (χ1n) is 7.66. The predicted molar refractivity (Wildman–Crippen MR) is 88.0 cm³/mol. The average Bonchev–Trinajstić information content (AvgIpc) is 2.56. The minimum atomic E-state index is 1.01. The van der Waals surface area contributed by atoms with Crippen LogP contribution in [0.4, 0.5) is 11.4 Å². The molecule has 0 spiro atoms. The zero-order valence-corrected chi connectivity index (χ0v) is 12.3. The third kappa shape index (κ3) is 4.31. The smallest absolute Gasteiger partial charge is 0.0464 e. The Kier molecular flexibility index (Phi) is 4.87. The van der Waals surface area contributed by atoms with Crippen molar-refractivity contribution >= 4 is 11.4 Å². The lowest BCUT2D eigenvalue weighted by atomic mass is 10.1. The first-order chi connectivity index (χ1) is 10.4. The van der Waals surface area contributed by atoms with Crippen LogP contribution in [0.25, 0.3) is 0 Å². The van der Waals surface area contributed by atoms with Crippen molar-refractivity contribution in [3.63, 3.8) is 0 Å². The maximum absolute atomic E-state index is 3.39. The van der Waals surface area contributed by atoms with Crippen molar-refractivity contribution < 1.29 is 0 Å². The van der Waals surface area contributed by atoms with E-state index >= 15 is 0 Å². The Morgan fingerprint density at radius 3 is 2.57 bits per heavy atom. The fourth-order valence-corrected chi connectivity index (χ4v) is 2.60. The summed E-state index contributed by atoms with van der Waals surface area (Å²) in [6.45, 7) is 5.74. The number of hydrogen-bond acceptors (Lipinski definition) is 3. The van der Waals surface area contributed by atoms with Crippen LogP contribution in [0.1, 0.15) is 5.56 Å². The molecule has 0 atom stereocenters. The highest BCUT2D eigenvalue weighted by Crippen LogP contribution is 2.16. The number of para-hydroxylation sites is 1. The molecule has 0 aliphatic carbocycles. The minimum absolute atomic E-state index is 1.01. The van der Waals surface area contributed by atoms with Gasteiger partial charge in [-0.15, -0.1) is 0 Å². The maximum atomic E-state index is 3.39. The molecule has 21 heavy (non-hydrogen) atoms. The van der Waals surface area contributed by atoms with E-state index in [0.29, 0.717) is 0 Å². The molecule has 0 saturated carbocycles. The average molecular weight is 280 g/mol. The summed E-state index contributed by atoms with van der Waals surface area (Å²) in [7, 11) is 0. The van der Waals surface area contributed by atoms with Gasteiger partial charge in [0, 0.05) is 50.2 Å². The monoisotopic (exact) mass is 280 g/mol. The van der Waals surface area contributed by atoms with Gasteiger partial charge in [-0.3, -0.25) is 0 Å². The predicted octanol–water partition coefficient (Wildman–Crippen LogP) is 2.68. The largest absolute Gasteiger partial charge is 0.355 e. The molecule has 2 aromatic carbocycles. The standard InChI is InChI=1S/C18H22N3/c1-2-4-17(5-3-1)20-18-8-6-16(7-9-18)10-13-21-14-11-19-12-15-21/h1-4,6-9,19-20H,10-15H2. The maximum Gasteiger partial charge on any atom is 0.0464 e. The highest BCUT2D eigenvalue weighted by atomic mass is 15.2. The third-order valence-electron chi connectivity index (χ3n) is 3.87. The molecule has 0 unspecified atom stereocenters. The van der Waals surface area contributed by atoms with Crippen LogP contribution in [0.3, 0.4) is 0 Å². The van der Waals surface area contributed by atoms with Gasteiger partial charge in [0.1, 0.15) is 0 Å². The first-order valence-corrected chi connectivity index (χ1v) is 7.66. The Morgan fingerprint density at radius 2 is 1.86 bits per heavy atom. The van der Waals surface area contributed by atoms with Crippen LogP contribution >= 0.6 is 0 Å². The highest BCUT2D eigenvalue weighted by molar-refractivity contribution is 5.58. The lowest BCUT2D eigenvalue weighted by Gasteiger charge is -2.27. The minimum Gasteiger partial charge on any atom is -0.355 e. The highest BCUT2D eigenvalue weighted by Gasteiger charge is 2.08. The van der Waals surface area contributed by atoms with Crippen molar-refractivity contribution in [2.45, 2.75) is 6.42 Å². The SMILES string of the molecule is [c]1ccccc1Nc1ccc(CCN2CCNCC2)cc1. The fraction of sp³-hybridized carbons (Fsp3) is 0.333. The second kappa shape index (κ2) is 7.25. The Morgan fingerprint density at radius 1 is 1.05 bits per heavy atom. The summed E-state index contributed by atoms with van der Waals surface area (Å²) in [5, 5.41) is 6.75. The molecule has 0 amide bonds. The molecule has 2 N–H and O–H groups in total. The molecule has 1 radical (unpaired) electrons. The molecular weight excluding hydrogens is 258 g/mol. The number of rotatable bonds is 5. The fourth-order valence-electron chi connectivity index (χ4n) is 2.60. The Hall–Kier alpha value is -1.84. The van der Waals surface area contributed by atoms with Crippen LogP contribution in [0.15, 0.2) is 48.5 Å². The van der Waals surface area contributed by atoms with Crippen molar-refractivity contribution in [2.75, 3.05) is 38.0 Å². The van der Waals surface area contributed by atoms with Crippen molar-refractivity contribution in [2.24, 2.45) is 0 Å². The summed E-state index contributed by atoms with van der Waals surface area (Å²) >= 11 is 0. The lowest BCUT2D eigenvalue weighted by molar-refractivity contribution is 0.244. The van der Waals surface area contributed by atoms with E-state index in [-0.39, 0.29) is 0 Å². The summed E-state index contributed by atoms with van der Waals surface area (Å²) in [5.74, 6) is 0. The van der Waals surface area contributed by atoms with Gasteiger partial charge in [0.15, 0.2) is 0 Å². The van der Waals surface area contributed by atoms with E-state index in [2.05, 4.69) is 45.9 Å². The van der Waals surface area contributed by atoms with Crippen LogP contribution in [0.5, 0.6) is 0 Å². The van der Waals surface area contributed by atoms with Crippen LogP contribution in [0.2, 0.25) is 0 Å². The number of hydrogen-bond donors (Lipinski definition) is 2. The van der Waals surface area contributed by atoms with Crippen LogP contribution < -0.4 is 10.6 Å². The van der Waals surface area contributed by atoms with Crippen molar-refractivity contribution in [3.05, 3.63) is 60.2 Å². The van der Waals surface area contributed by atoms with Gasteiger partial charge in [-0.2, -0.15) is 0 Å². The molecule has 1 heterocycles. The van der Waals surface area contributed by atoms with Gasteiger partial charge in [-0.25, -0.2) is 0 Å². The van der Waals surface area contributed by atoms with Crippen molar-refractivity contribution in [3.8, 4) is 0 Å². The van der Waals surface area contributed by atoms with E-state index in [1.54, 1.807) is 0 Å². The van der Waals surface area contributed by atoms with Gasteiger partial charge in [-0.1, -0.05) is 30.3 Å². The molecule has 0 aromatic heterocycles. The molecule has 0 bridgehead atoms. The van der Waals surface area contributed by atoms with Crippen LogP contribution in [-0.2, 0) is 6.42 Å². The molecular formula is C18H22N3. The van der Waals surface area contributed by atoms with Gasteiger partial charge >= 0.3 is 0 Å². The summed E-state index contributed by atoms with van der Waals surface area (Å²) in [5.41, 5.74) is 3.52. The molecule has 1 aliphatic rings. The molecule has 3 rings (SSSR count). The van der Waals surface area contributed by atoms with Gasteiger partial charge in [-0.05, 0) is 30.2 Å². The second-order valence-electron chi connectivity index (χ2n) is 5.44. The van der Waals surface area contributed by atoms with E-state index in [0.717, 1.165) is 37.4 Å². The number of nitrogens with zero attached hydrogens (tertiary/aromatic N) is 1. The topological polar surface area (TPSA) is 27.3 Å². The van der Waals surface area contributed by atoms with Gasteiger partial charge in [0.05, 0.1) is 0 Å². The summed E-state index contributed by atoms with van der Waals surface area (Å²) in [6.07, 6.45) is 1.12. The number of anilines is 2. The van der Waals surface area contributed by atoms with E-state index in [9.17, 15) is 0 Å². The molecule has 1 aliphatic heterocycles. The Bertz CT molecular complexity index is 530. The van der Waals surface area contributed by atoms with E-state index in [1.165, 1.54) is 18.7 Å². The summed E-state index contributed by atoms with van der Waals surface area (Å²) < 4.78 is 0. The quantitative estimate of drug-likeness (QED) is 0.882. The van der Waals surface area contributed by atoms with Crippen molar-refractivity contribution in [1.29, 1.82) is 0 Å². The Balaban J connectivity index is 1.51. The molecule has 2 aromatic rings. The van der Waals surface area contributed by atoms with Gasteiger partial charge in [0.25, 0.3) is 0 Å².